The lowest BCUT2D eigenvalue weighted by Gasteiger charge is -2.17. The van der Waals surface area contributed by atoms with Crippen molar-refractivity contribution in [2.75, 3.05) is 31.3 Å². The molecule has 0 aliphatic rings. The average Bonchev–Trinajstić information content (AvgIpc) is 2.59. The van der Waals surface area contributed by atoms with E-state index in [2.05, 4.69) is 10.6 Å². The molecule has 0 bridgehead atoms. The molecule has 2 aromatic carbocycles. The Morgan fingerprint density at radius 1 is 0.963 bits per heavy atom. The van der Waals surface area contributed by atoms with Gasteiger partial charge in [-0.15, -0.1) is 0 Å². The molecule has 0 unspecified atom stereocenters. The summed E-state index contributed by atoms with van der Waals surface area (Å²) in [5, 5.41) is 5.95. The fourth-order valence-corrected chi connectivity index (χ4v) is 3.64. The van der Waals surface area contributed by atoms with Crippen LogP contribution in [0.3, 0.4) is 0 Å². The van der Waals surface area contributed by atoms with Crippen LogP contribution in [0, 0.1) is 27.7 Å². The van der Waals surface area contributed by atoms with Gasteiger partial charge in [-0.25, -0.2) is 12.7 Å². The number of sulfonamides is 1. The number of amides is 1. The number of hydrogen-bond donors (Lipinski definition) is 2. The van der Waals surface area contributed by atoms with Gasteiger partial charge < -0.3 is 10.6 Å². The predicted octanol–water partition coefficient (Wildman–Crippen LogP) is 3.22. The van der Waals surface area contributed by atoms with Gasteiger partial charge >= 0.3 is 0 Å². The number of aryl methyl sites for hydroxylation is 2. The second kappa shape index (κ2) is 8.10. The van der Waals surface area contributed by atoms with Gasteiger partial charge in [0, 0.05) is 25.5 Å². The van der Waals surface area contributed by atoms with E-state index in [1.165, 1.54) is 18.4 Å². The number of carbonyl (C=O) groups excluding carboxylic acids is 1. The number of benzene rings is 2. The predicted molar refractivity (Wildman–Crippen MR) is 110 cm³/mol. The van der Waals surface area contributed by atoms with Crippen LogP contribution in [0.2, 0.25) is 0 Å². The lowest BCUT2D eigenvalue weighted by Crippen LogP contribution is -2.24. The molecule has 0 saturated heterocycles. The summed E-state index contributed by atoms with van der Waals surface area (Å²) in [6, 6.07) is 8.97. The summed E-state index contributed by atoms with van der Waals surface area (Å²) >= 11 is 0. The van der Waals surface area contributed by atoms with Crippen LogP contribution in [0.15, 0.2) is 35.2 Å². The van der Waals surface area contributed by atoms with E-state index in [0.29, 0.717) is 5.69 Å². The minimum absolute atomic E-state index is 0.0408. The highest BCUT2D eigenvalue weighted by molar-refractivity contribution is 7.89. The summed E-state index contributed by atoms with van der Waals surface area (Å²) in [5.74, 6) is -0.193. The van der Waals surface area contributed by atoms with Crippen LogP contribution in [0.1, 0.15) is 22.3 Å². The second-order valence-electron chi connectivity index (χ2n) is 6.85. The van der Waals surface area contributed by atoms with E-state index in [0.717, 1.165) is 27.9 Å². The zero-order valence-electron chi connectivity index (χ0n) is 16.7. The average molecular weight is 390 g/mol. The summed E-state index contributed by atoms with van der Waals surface area (Å²) < 4.78 is 26.0. The molecule has 0 saturated carbocycles. The van der Waals surface area contributed by atoms with Gasteiger partial charge in [-0.05, 0) is 68.1 Å². The Bertz CT molecular complexity index is 967. The molecule has 2 N–H and O–H groups in total. The highest BCUT2D eigenvalue weighted by atomic mass is 32.2. The smallest absolute Gasteiger partial charge is 0.243 e. The SMILES string of the molecule is Cc1cc(S(=O)(=O)N(C)C)cc(NCC(=O)Nc2cccc(C)c2C)c1C. The highest BCUT2D eigenvalue weighted by Crippen LogP contribution is 2.25. The summed E-state index contributed by atoms with van der Waals surface area (Å²) in [6.45, 7) is 7.74. The Morgan fingerprint density at radius 2 is 1.59 bits per heavy atom. The molecule has 0 fully saturated rings. The fraction of sp³-hybridized carbons (Fsp3) is 0.350. The van der Waals surface area contributed by atoms with Crippen LogP contribution in [-0.2, 0) is 14.8 Å². The Hall–Kier alpha value is -2.38. The van der Waals surface area contributed by atoms with Crippen LogP contribution in [0.25, 0.3) is 0 Å². The number of anilines is 2. The van der Waals surface area contributed by atoms with Gasteiger partial charge in [0.15, 0.2) is 0 Å². The molecule has 2 aromatic rings. The third-order valence-corrected chi connectivity index (χ3v) is 6.53. The monoisotopic (exact) mass is 389 g/mol. The van der Waals surface area contributed by atoms with Crippen LogP contribution < -0.4 is 10.6 Å². The molecule has 146 valence electrons. The van der Waals surface area contributed by atoms with Gasteiger partial charge in [0.05, 0.1) is 11.4 Å². The maximum atomic E-state index is 12.4. The minimum Gasteiger partial charge on any atom is -0.376 e. The molecule has 1 amide bonds. The van der Waals surface area contributed by atoms with Crippen molar-refractivity contribution in [3.8, 4) is 0 Å². The first-order valence-corrected chi connectivity index (χ1v) is 10.1. The fourth-order valence-electron chi connectivity index (χ4n) is 2.63. The number of carbonyl (C=O) groups is 1. The summed E-state index contributed by atoms with van der Waals surface area (Å²) in [5.41, 5.74) is 5.29. The minimum atomic E-state index is -3.54. The van der Waals surface area contributed by atoms with E-state index in [4.69, 9.17) is 0 Å². The molecule has 0 atom stereocenters. The molecule has 6 nitrogen and oxygen atoms in total. The third kappa shape index (κ3) is 4.67. The molecule has 2 rings (SSSR count). The molecule has 27 heavy (non-hydrogen) atoms. The molecule has 0 spiro atoms. The van der Waals surface area contributed by atoms with Crippen molar-refractivity contribution >= 4 is 27.3 Å². The Kier molecular flexibility index (Phi) is 6.28. The molecule has 7 heteroatoms. The zero-order valence-corrected chi connectivity index (χ0v) is 17.5. The second-order valence-corrected chi connectivity index (χ2v) is 9.00. The molecule has 0 aliphatic heterocycles. The van der Waals surface area contributed by atoms with E-state index >= 15 is 0 Å². The number of rotatable bonds is 6. The maximum Gasteiger partial charge on any atom is 0.243 e. The quantitative estimate of drug-likeness (QED) is 0.795. The van der Waals surface area contributed by atoms with Gasteiger partial charge in [-0.3, -0.25) is 4.79 Å². The number of nitrogens with one attached hydrogen (secondary N) is 2. The van der Waals surface area contributed by atoms with Crippen molar-refractivity contribution in [3.05, 3.63) is 52.6 Å². The molecule has 0 aliphatic carbocycles. The van der Waals surface area contributed by atoms with Crippen molar-refractivity contribution in [1.29, 1.82) is 0 Å². The topological polar surface area (TPSA) is 78.5 Å². The normalized spacial score (nSPS) is 11.5. The Labute approximate surface area is 161 Å². The first-order chi connectivity index (χ1) is 12.5. The summed E-state index contributed by atoms with van der Waals surface area (Å²) in [4.78, 5) is 12.5. The van der Waals surface area contributed by atoms with E-state index in [9.17, 15) is 13.2 Å². The van der Waals surface area contributed by atoms with Crippen molar-refractivity contribution < 1.29 is 13.2 Å². The number of nitrogens with zero attached hydrogens (tertiary/aromatic N) is 1. The van der Waals surface area contributed by atoms with Crippen LogP contribution in [-0.4, -0.2) is 39.3 Å². The van der Waals surface area contributed by atoms with E-state index in [1.54, 1.807) is 12.1 Å². The van der Waals surface area contributed by atoms with Crippen molar-refractivity contribution in [2.24, 2.45) is 0 Å². The van der Waals surface area contributed by atoms with Crippen molar-refractivity contribution in [1.82, 2.24) is 4.31 Å². The molecular formula is C20H27N3O3S. The Morgan fingerprint density at radius 3 is 2.22 bits per heavy atom. The van der Waals surface area contributed by atoms with Crippen LogP contribution >= 0.6 is 0 Å². The standard InChI is InChI=1S/C20H27N3O3S/c1-13-8-7-9-18(15(13)3)22-20(24)12-21-19-11-17(10-14(2)16(19)4)27(25,26)23(5)6/h7-11,21H,12H2,1-6H3,(H,22,24). The van der Waals surface area contributed by atoms with E-state index < -0.39 is 10.0 Å². The van der Waals surface area contributed by atoms with Crippen LogP contribution in [0.4, 0.5) is 11.4 Å². The largest absolute Gasteiger partial charge is 0.376 e. The summed E-state index contributed by atoms with van der Waals surface area (Å²) in [6.07, 6.45) is 0. The highest BCUT2D eigenvalue weighted by Gasteiger charge is 2.19. The first kappa shape index (κ1) is 20.9. The van der Waals surface area contributed by atoms with Gasteiger partial charge in [0.2, 0.25) is 15.9 Å². The van der Waals surface area contributed by atoms with E-state index in [1.807, 2.05) is 45.9 Å². The number of hydrogen-bond acceptors (Lipinski definition) is 4. The van der Waals surface area contributed by atoms with Crippen molar-refractivity contribution in [3.63, 3.8) is 0 Å². The molecule has 0 aromatic heterocycles. The lowest BCUT2D eigenvalue weighted by molar-refractivity contribution is -0.114. The van der Waals surface area contributed by atoms with Gasteiger partial charge in [0.25, 0.3) is 0 Å². The first-order valence-electron chi connectivity index (χ1n) is 8.67. The van der Waals surface area contributed by atoms with Gasteiger partial charge in [-0.1, -0.05) is 12.1 Å². The van der Waals surface area contributed by atoms with Crippen LogP contribution in [0.5, 0.6) is 0 Å². The van der Waals surface area contributed by atoms with Gasteiger partial charge in [0.1, 0.15) is 0 Å². The molecule has 0 radical (unpaired) electrons. The molecular weight excluding hydrogens is 362 g/mol. The lowest BCUT2D eigenvalue weighted by atomic mass is 10.1. The van der Waals surface area contributed by atoms with E-state index in [-0.39, 0.29) is 17.3 Å². The Balaban J connectivity index is 2.19. The third-order valence-electron chi connectivity index (χ3n) is 4.74. The zero-order chi connectivity index (χ0) is 20.4. The maximum absolute atomic E-state index is 12.4. The molecule has 0 heterocycles. The van der Waals surface area contributed by atoms with Crippen molar-refractivity contribution in [2.45, 2.75) is 32.6 Å². The summed E-state index contributed by atoms with van der Waals surface area (Å²) in [7, 11) is -0.553. The van der Waals surface area contributed by atoms with Gasteiger partial charge in [-0.2, -0.15) is 0 Å².